The Kier molecular flexibility index (Phi) is 2.87. The molecule has 0 atom stereocenters. The molecule has 120 valence electrons. The van der Waals surface area contributed by atoms with Gasteiger partial charge in [0.2, 0.25) is 0 Å². The van der Waals surface area contributed by atoms with E-state index in [0.29, 0.717) is 16.6 Å². The molecule has 4 heterocycles. The summed E-state index contributed by atoms with van der Waals surface area (Å²) < 4.78 is 15.8. The Morgan fingerprint density at radius 2 is 1.92 bits per heavy atom. The van der Waals surface area contributed by atoms with Crippen LogP contribution in [0.2, 0.25) is 0 Å². The number of pyridine rings is 1. The van der Waals surface area contributed by atoms with Gasteiger partial charge in [0.25, 0.3) is 0 Å². The summed E-state index contributed by atoms with van der Waals surface area (Å²) in [6, 6.07) is 8.77. The fourth-order valence-electron chi connectivity index (χ4n) is 3.07. The van der Waals surface area contributed by atoms with Crippen molar-refractivity contribution in [1.82, 2.24) is 29.8 Å². The maximum absolute atomic E-state index is 14.1. The van der Waals surface area contributed by atoms with Gasteiger partial charge in [0, 0.05) is 35.7 Å². The summed E-state index contributed by atoms with van der Waals surface area (Å²) in [5.74, 6) is -0.342. The molecule has 1 N–H and O–H groups in total. The molecular weight excluding hydrogens is 319 g/mol. The van der Waals surface area contributed by atoms with E-state index in [1.807, 2.05) is 24.4 Å². The molecule has 0 aliphatic heterocycles. The van der Waals surface area contributed by atoms with Gasteiger partial charge in [-0.05, 0) is 29.8 Å². The molecule has 7 heteroatoms. The molecule has 0 unspecified atom stereocenters. The predicted molar refractivity (Wildman–Crippen MR) is 91.3 cm³/mol. The van der Waals surface area contributed by atoms with E-state index in [0.717, 1.165) is 22.4 Å². The van der Waals surface area contributed by atoms with E-state index in [4.69, 9.17) is 0 Å². The van der Waals surface area contributed by atoms with Crippen molar-refractivity contribution in [3.63, 3.8) is 0 Å². The van der Waals surface area contributed by atoms with E-state index in [1.54, 1.807) is 35.4 Å². The lowest BCUT2D eigenvalue weighted by atomic mass is 9.99. The molecule has 0 amide bonds. The maximum Gasteiger partial charge on any atom is 0.163 e. The highest BCUT2D eigenvalue weighted by Gasteiger charge is 2.20. The SMILES string of the molecule is Fc1ccc(-c2c(-c3ccncc3)nn3cccnc23)c2cn[nH]c12. The van der Waals surface area contributed by atoms with Crippen molar-refractivity contribution in [1.29, 1.82) is 0 Å². The van der Waals surface area contributed by atoms with Crippen LogP contribution in [0.5, 0.6) is 0 Å². The van der Waals surface area contributed by atoms with Crippen LogP contribution in [0.3, 0.4) is 0 Å². The van der Waals surface area contributed by atoms with Crippen LogP contribution in [-0.2, 0) is 0 Å². The molecule has 5 aromatic rings. The minimum atomic E-state index is -0.342. The molecule has 4 aromatic heterocycles. The van der Waals surface area contributed by atoms with Crippen molar-refractivity contribution in [2.75, 3.05) is 0 Å². The van der Waals surface area contributed by atoms with Crippen LogP contribution in [0.25, 0.3) is 38.9 Å². The first kappa shape index (κ1) is 13.8. The van der Waals surface area contributed by atoms with Gasteiger partial charge in [0.15, 0.2) is 5.65 Å². The number of benzene rings is 1. The third-order valence-electron chi connectivity index (χ3n) is 4.18. The Balaban J connectivity index is 1.92. The predicted octanol–water partition coefficient (Wildman–Crippen LogP) is 3.47. The van der Waals surface area contributed by atoms with Crippen LogP contribution >= 0.6 is 0 Å². The van der Waals surface area contributed by atoms with Crippen LogP contribution in [0.4, 0.5) is 4.39 Å². The van der Waals surface area contributed by atoms with E-state index < -0.39 is 0 Å². The zero-order valence-electron chi connectivity index (χ0n) is 12.9. The monoisotopic (exact) mass is 330 g/mol. The van der Waals surface area contributed by atoms with Crippen LogP contribution in [-0.4, -0.2) is 29.8 Å². The lowest BCUT2D eigenvalue weighted by molar-refractivity contribution is 0.636. The first-order valence-electron chi connectivity index (χ1n) is 7.68. The summed E-state index contributed by atoms with van der Waals surface area (Å²) in [4.78, 5) is 8.54. The molecule has 0 aliphatic rings. The van der Waals surface area contributed by atoms with Gasteiger partial charge in [-0.1, -0.05) is 6.07 Å². The molecule has 0 aliphatic carbocycles. The highest BCUT2D eigenvalue weighted by atomic mass is 19.1. The van der Waals surface area contributed by atoms with E-state index >= 15 is 0 Å². The summed E-state index contributed by atoms with van der Waals surface area (Å²) in [6.45, 7) is 0. The Morgan fingerprint density at radius 3 is 2.80 bits per heavy atom. The van der Waals surface area contributed by atoms with Crippen molar-refractivity contribution in [3.05, 3.63) is 67.1 Å². The second kappa shape index (κ2) is 5.20. The normalized spacial score (nSPS) is 11.4. The molecule has 25 heavy (non-hydrogen) atoms. The second-order valence-electron chi connectivity index (χ2n) is 5.60. The Labute approximate surface area is 141 Å². The van der Waals surface area contributed by atoms with Gasteiger partial charge >= 0.3 is 0 Å². The van der Waals surface area contributed by atoms with E-state index in [9.17, 15) is 4.39 Å². The highest BCUT2D eigenvalue weighted by Crippen LogP contribution is 2.37. The molecule has 1 aromatic carbocycles. The van der Waals surface area contributed by atoms with Gasteiger partial charge in [-0.15, -0.1) is 0 Å². The number of H-pyrrole nitrogens is 1. The molecule has 6 nitrogen and oxygen atoms in total. The first-order valence-corrected chi connectivity index (χ1v) is 7.68. The molecule has 0 spiro atoms. The number of halogens is 1. The number of aromatic amines is 1. The average Bonchev–Trinajstić information content (AvgIpc) is 3.29. The fourth-order valence-corrected chi connectivity index (χ4v) is 3.07. The number of fused-ring (bicyclic) bond motifs is 2. The molecular formula is C18H11FN6. The first-order chi connectivity index (χ1) is 12.3. The van der Waals surface area contributed by atoms with E-state index in [-0.39, 0.29) is 5.82 Å². The molecule has 0 fully saturated rings. The number of nitrogens with zero attached hydrogens (tertiary/aromatic N) is 5. The van der Waals surface area contributed by atoms with Crippen molar-refractivity contribution >= 4 is 16.6 Å². The summed E-state index contributed by atoms with van der Waals surface area (Å²) in [6.07, 6.45) is 8.61. The van der Waals surface area contributed by atoms with Crippen LogP contribution in [0.15, 0.2) is 61.3 Å². The zero-order chi connectivity index (χ0) is 16.8. The zero-order valence-corrected chi connectivity index (χ0v) is 12.9. The third kappa shape index (κ3) is 2.02. The van der Waals surface area contributed by atoms with Crippen molar-refractivity contribution < 1.29 is 4.39 Å². The van der Waals surface area contributed by atoms with Gasteiger partial charge in [-0.3, -0.25) is 10.1 Å². The molecule has 0 bridgehead atoms. The van der Waals surface area contributed by atoms with Gasteiger partial charge in [-0.25, -0.2) is 13.9 Å². The van der Waals surface area contributed by atoms with Crippen molar-refractivity contribution in [3.8, 4) is 22.4 Å². The lowest BCUT2D eigenvalue weighted by Crippen LogP contribution is -1.88. The summed E-state index contributed by atoms with van der Waals surface area (Å²) in [5, 5.41) is 12.1. The van der Waals surface area contributed by atoms with Gasteiger partial charge in [0.05, 0.1) is 11.8 Å². The second-order valence-corrected chi connectivity index (χ2v) is 5.60. The van der Waals surface area contributed by atoms with Gasteiger partial charge in [0.1, 0.15) is 17.0 Å². The minimum Gasteiger partial charge on any atom is -0.275 e. The number of rotatable bonds is 2. The van der Waals surface area contributed by atoms with E-state index in [2.05, 4.69) is 25.3 Å². The summed E-state index contributed by atoms with van der Waals surface area (Å²) in [7, 11) is 0. The van der Waals surface area contributed by atoms with Crippen LogP contribution in [0, 0.1) is 5.82 Å². The number of nitrogens with one attached hydrogen (secondary N) is 1. The quantitative estimate of drug-likeness (QED) is 0.538. The minimum absolute atomic E-state index is 0.342. The van der Waals surface area contributed by atoms with Gasteiger partial charge < -0.3 is 0 Å². The summed E-state index contributed by atoms with van der Waals surface area (Å²) in [5.41, 5.74) is 4.40. The van der Waals surface area contributed by atoms with Crippen LogP contribution < -0.4 is 0 Å². The molecule has 0 saturated carbocycles. The Bertz CT molecular complexity index is 1210. The number of hydrogen-bond donors (Lipinski definition) is 1. The van der Waals surface area contributed by atoms with Gasteiger partial charge in [-0.2, -0.15) is 10.2 Å². The molecule has 5 rings (SSSR count). The standard InChI is InChI=1S/C18H11FN6/c19-14-3-2-12(13-10-22-23-17(13)14)15-16(11-4-7-20-8-5-11)24-25-9-1-6-21-18(15)25/h1-10H,(H,22,23). The van der Waals surface area contributed by atoms with Crippen molar-refractivity contribution in [2.45, 2.75) is 0 Å². The highest BCUT2D eigenvalue weighted by molar-refractivity contribution is 6.02. The third-order valence-corrected chi connectivity index (χ3v) is 4.18. The largest absolute Gasteiger partial charge is 0.275 e. The van der Waals surface area contributed by atoms with E-state index in [1.165, 1.54) is 6.07 Å². The smallest absolute Gasteiger partial charge is 0.163 e. The Hall–Kier alpha value is -3.61. The van der Waals surface area contributed by atoms with Crippen molar-refractivity contribution in [2.24, 2.45) is 0 Å². The van der Waals surface area contributed by atoms with Crippen LogP contribution in [0.1, 0.15) is 0 Å². The maximum atomic E-state index is 14.1. The summed E-state index contributed by atoms with van der Waals surface area (Å²) >= 11 is 0. The molecule has 0 saturated heterocycles. The topological polar surface area (TPSA) is 71.8 Å². The lowest BCUT2D eigenvalue weighted by Gasteiger charge is -2.05. The average molecular weight is 330 g/mol. The number of hydrogen-bond acceptors (Lipinski definition) is 4. The number of aromatic nitrogens is 6. The molecule has 0 radical (unpaired) electrons. The fraction of sp³-hybridized carbons (Fsp3) is 0. The Morgan fingerprint density at radius 1 is 1.04 bits per heavy atom.